The molecule has 9 nitrogen and oxygen atoms in total. The van der Waals surface area contributed by atoms with E-state index in [1.54, 1.807) is 19.9 Å². The van der Waals surface area contributed by atoms with Crippen molar-refractivity contribution in [1.82, 2.24) is 20.3 Å². The molecule has 0 saturated carbocycles. The summed E-state index contributed by atoms with van der Waals surface area (Å²) in [7, 11) is -3.44. The zero-order valence-electron chi connectivity index (χ0n) is 17.2. The Morgan fingerprint density at radius 1 is 1.31 bits per heavy atom. The van der Waals surface area contributed by atoms with Crippen molar-refractivity contribution in [2.45, 2.75) is 38.5 Å². The number of sulfone groups is 1. The van der Waals surface area contributed by atoms with Gasteiger partial charge in [0.1, 0.15) is 11.3 Å². The molecular weight excluding hydrogens is 394 g/mol. The minimum absolute atomic E-state index is 0.112. The molecule has 1 aliphatic heterocycles. The van der Waals surface area contributed by atoms with Crippen LogP contribution in [0.1, 0.15) is 32.0 Å². The predicted octanol–water partition coefficient (Wildman–Crippen LogP) is 2.43. The summed E-state index contributed by atoms with van der Waals surface area (Å²) in [6.07, 6.45) is 1.23. The summed E-state index contributed by atoms with van der Waals surface area (Å²) in [4.78, 5) is 6.95. The number of aromatic nitrogens is 4. The predicted molar refractivity (Wildman–Crippen MR) is 110 cm³/mol. The molecule has 0 aromatic carbocycles. The first-order valence-electron chi connectivity index (χ1n) is 9.47. The Bertz CT molecular complexity index is 1160. The first-order valence-corrected chi connectivity index (χ1v) is 11.4. The number of ether oxygens (including phenoxy) is 1. The van der Waals surface area contributed by atoms with Crippen molar-refractivity contribution < 1.29 is 17.7 Å². The molecule has 156 valence electrons. The van der Waals surface area contributed by atoms with Crippen LogP contribution >= 0.6 is 0 Å². The molecule has 10 heteroatoms. The van der Waals surface area contributed by atoms with Gasteiger partial charge in [0.15, 0.2) is 21.1 Å². The largest absolute Gasteiger partial charge is 0.377 e. The summed E-state index contributed by atoms with van der Waals surface area (Å²) >= 11 is 0. The molecule has 0 bridgehead atoms. The monoisotopic (exact) mass is 419 g/mol. The molecule has 4 rings (SSSR count). The van der Waals surface area contributed by atoms with Gasteiger partial charge in [0.2, 0.25) is 0 Å². The number of nitrogens with one attached hydrogen (secondary N) is 1. The SMILES string of the molecule is Cc1cc(-c2noc3c(C(C)(C)S(C)(=O)=O)cc(N4CCOCC4C)nc23)[nH]n1. The van der Waals surface area contributed by atoms with Gasteiger partial charge in [-0.25, -0.2) is 13.4 Å². The van der Waals surface area contributed by atoms with Gasteiger partial charge in [0, 0.05) is 18.4 Å². The molecule has 3 aromatic rings. The lowest BCUT2D eigenvalue weighted by atomic mass is 10.0. The average Bonchev–Trinajstić information content (AvgIpc) is 3.26. The Kier molecular flexibility index (Phi) is 4.66. The maximum Gasteiger partial charge on any atom is 0.190 e. The molecule has 1 unspecified atom stereocenters. The van der Waals surface area contributed by atoms with Crippen LogP contribution in [0.4, 0.5) is 5.82 Å². The second kappa shape index (κ2) is 6.81. The number of H-pyrrole nitrogens is 1. The smallest absolute Gasteiger partial charge is 0.190 e. The van der Waals surface area contributed by atoms with Gasteiger partial charge in [-0.2, -0.15) is 5.10 Å². The highest BCUT2D eigenvalue weighted by atomic mass is 32.2. The number of rotatable bonds is 4. The minimum atomic E-state index is -3.44. The fourth-order valence-corrected chi connectivity index (χ4v) is 4.04. The number of fused-ring (bicyclic) bond motifs is 1. The van der Waals surface area contributed by atoms with Crippen LogP contribution in [0, 0.1) is 6.92 Å². The summed E-state index contributed by atoms with van der Waals surface area (Å²) in [5.41, 5.74) is 3.40. The third-order valence-corrected chi connectivity index (χ3v) is 7.68. The van der Waals surface area contributed by atoms with Crippen molar-refractivity contribution in [3.8, 4) is 11.4 Å². The van der Waals surface area contributed by atoms with Crippen LogP contribution in [0.5, 0.6) is 0 Å². The van der Waals surface area contributed by atoms with E-state index in [1.807, 2.05) is 13.0 Å². The molecule has 0 aliphatic carbocycles. The van der Waals surface area contributed by atoms with Crippen molar-refractivity contribution in [2.24, 2.45) is 0 Å². The number of aromatic amines is 1. The van der Waals surface area contributed by atoms with E-state index in [0.717, 1.165) is 5.69 Å². The number of morpholine rings is 1. The highest BCUT2D eigenvalue weighted by Crippen LogP contribution is 2.39. The molecule has 4 heterocycles. The van der Waals surface area contributed by atoms with Crippen LogP contribution in [0.2, 0.25) is 0 Å². The van der Waals surface area contributed by atoms with E-state index in [1.165, 1.54) is 6.26 Å². The topological polar surface area (TPSA) is 114 Å². The first-order chi connectivity index (χ1) is 13.6. The number of hydrogen-bond acceptors (Lipinski definition) is 8. The average molecular weight is 420 g/mol. The molecule has 3 aromatic heterocycles. The lowest BCUT2D eigenvalue weighted by molar-refractivity contribution is 0.0985. The summed E-state index contributed by atoms with van der Waals surface area (Å²) in [6, 6.07) is 3.77. The van der Waals surface area contributed by atoms with Gasteiger partial charge in [-0.3, -0.25) is 5.10 Å². The Hall–Kier alpha value is -2.46. The van der Waals surface area contributed by atoms with Crippen LogP contribution in [0.25, 0.3) is 22.5 Å². The van der Waals surface area contributed by atoms with E-state index in [2.05, 4.69) is 27.2 Å². The van der Waals surface area contributed by atoms with Crippen molar-refractivity contribution in [1.29, 1.82) is 0 Å². The lowest BCUT2D eigenvalue weighted by Gasteiger charge is -2.35. The number of anilines is 1. The van der Waals surface area contributed by atoms with Crippen LogP contribution in [-0.2, 0) is 19.3 Å². The molecular formula is C19H25N5O4S. The highest BCUT2D eigenvalue weighted by molar-refractivity contribution is 7.91. The third kappa shape index (κ3) is 3.29. The maximum atomic E-state index is 12.6. The molecule has 0 amide bonds. The van der Waals surface area contributed by atoms with Gasteiger partial charge < -0.3 is 14.2 Å². The number of pyridine rings is 1. The second-order valence-corrected chi connectivity index (χ2v) is 10.6. The molecule has 1 saturated heterocycles. The van der Waals surface area contributed by atoms with E-state index in [4.69, 9.17) is 14.2 Å². The van der Waals surface area contributed by atoms with Crippen LogP contribution in [0.15, 0.2) is 16.7 Å². The fourth-order valence-electron chi connectivity index (χ4n) is 3.49. The van der Waals surface area contributed by atoms with E-state index in [-0.39, 0.29) is 6.04 Å². The first kappa shape index (κ1) is 19.8. The molecule has 0 spiro atoms. The van der Waals surface area contributed by atoms with Gasteiger partial charge >= 0.3 is 0 Å². The Labute approximate surface area is 169 Å². The Balaban J connectivity index is 1.99. The van der Waals surface area contributed by atoms with E-state index in [0.29, 0.717) is 53.6 Å². The number of aryl methyl sites for hydroxylation is 1. The molecule has 1 atom stereocenters. The summed E-state index contributed by atoms with van der Waals surface area (Å²) in [6.45, 7) is 9.11. The third-order valence-electron chi connectivity index (χ3n) is 5.61. The molecule has 1 N–H and O–H groups in total. The van der Waals surface area contributed by atoms with Crippen molar-refractivity contribution in [2.75, 3.05) is 30.9 Å². The molecule has 1 fully saturated rings. The summed E-state index contributed by atoms with van der Waals surface area (Å²) < 4.78 is 35.2. The highest BCUT2D eigenvalue weighted by Gasteiger charge is 2.37. The summed E-state index contributed by atoms with van der Waals surface area (Å²) in [5, 5.41) is 11.3. The zero-order chi connectivity index (χ0) is 21.0. The van der Waals surface area contributed by atoms with Crippen LogP contribution in [-0.4, -0.2) is 60.8 Å². The van der Waals surface area contributed by atoms with Crippen molar-refractivity contribution >= 4 is 26.8 Å². The number of hydrogen-bond donors (Lipinski definition) is 1. The second-order valence-electron chi connectivity index (χ2n) is 8.06. The molecule has 1 aliphatic rings. The van der Waals surface area contributed by atoms with E-state index >= 15 is 0 Å². The lowest BCUT2D eigenvalue weighted by Crippen LogP contribution is -2.44. The molecule has 0 radical (unpaired) electrons. The van der Waals surface area contributed by atoms with Crippen LogP contribution < -0.4 is 4.90 Å². The van der Waals surface area contributed by atoms with E-state index in [9.17, 15) is 8.42 Å². The van der Waals surface area contributed by atoms with Crippen molar-refractivity contribution in [3.63, 3.8) is 0 Å². The molecule has 29 heavy (non-hydrogen) atoms. The Morgan fingerprint density at radius 3 is 2.69 bits per heavy atom. The maximum absolute atomic E-state index is 12.6. The quantitative estimate of drug-likeness (QED) is 0.686. The number of nitrogens with zero attached hydrogens (tertiary/aromatic N) is 4. The van der Waals surface area contributed by atoms with Gasteiger partial charge in [-0.1, -0.05) is 5.16 Å². The van der Waals surface area contributed by atoms with Gasteiger partial charge in [-0.15, -0.1) is 0 Å². The van der Waals surface area contributed by atoms with Gasteiger partial charge in [-0.05, 0) is 39.8 Å². The normalized spacial score (nSPS) is 18.5. The van der Waals surface area contributed by atoms with Crippen molar-refractivity contribution in [3.05, 3.63) is 23.4 Å². The van der Waals surface area contributed by atoms with E-state index < -0.39 is 14.6 Å². The Morgan fingerprint density at radius 2 is 2.07 bits per heavy atom. The zero-order valence-corrected chi connectivity index (χ0v) is 18.0. The van der Waals surface area contributed by atoms with Crippen LogP contribution in [0.3, 0.4) is 0 Å². The minimum Gasteiger partial charge on any atom is -0.377 e. The van der Waals surface area contributed by atoms with Gasteiger partial charge in [0.05, 0.1) is 35.4 Å². The fraction of sp³-hybridized carbons (Fsp3) is 0.526. The summed E-state index contributed by atoms with van der Waals surface area (Å²) in [5.74, 6) is 0.681. The van der Waals surface area contributed by atoms with Gasteiger partial charge in [0.25, 0.3) is 0 Å². The standard InChI is InChI=1S/C19H25N5O4S/c1-11-8-14(22-21-11)16-17-18(28-23-16)13(19(3,4)29(5,25)26)9-15(20-17)24-6-7-27-10-12(24)2/h8-9,12H,6-7,10H2,1-5H3,(H,21,22).